The summed E-state index contributed by atoms with van der Waals surface area (Å²) in [6, 6.07) is 21.2. The van der Waals surface area contributed by atoms with E-state index in [9.17, 15) is 19.5 Å². The second-order valence-electron chi connectivity index (χ2n) is 12.4. The number of fused-ring (bicyclic) bond motifs is 1. The Morgan fingerprint density at radius 2 is 1.56 bits per heavy atom. The fourth-order valence-corrected chi connectivity index (χ4v) is 8.30. The minimum absolute atomic E-state index is 0.0383. The molecule has 2 unspecified atom stereocenters. The van der Waals surface area contributed by atoms with Gasteiger partial charge >= 0.3 is 5.97 Å². The van der Waals surface area contributed by atoms with Gasteiger partial charge in [-0.05, 0) is 104 Å². The van der Waals surface area contributed by atoms with Crippen molar-refractivity contribution in [1.29, 1.82) is 0 Å². The molecule has 6 nitrogen and oxygen atoms in total. The van der Waals surface area contributed by atoms with Gasteiger partial charge in [-0.25, -0.2) is 0 Å². The van der Waals surface area contributed by atoms with Gasteiger partial charge in [0, 0.05) is 28.9 Å². The van der Waals surface area contributed by atoms with Gasteiger partial charge in [0.1, 0.15) is 0 Å². The Labute approximate surface area is 228 Å². The van der Waals surface area contributed by atoms with Crippen LogP contribution in [0.1, 0.15) is 70.4 Å². The van der Waals surface area contributed by atoms with Crippen molar-refractivity contribution in [2.75, 3.05) is 5.32 Å². The first kappa shape index (κ1) is 24.1. The average Bonchev–Trinajstić information content (AvgIpc) is 3.25. The molecule has 2 N–H and O–H groups in total. The van der Waals surface area contributed by atoms with E-state index in [-0.39, 0.29) is 17.4 Å². The number of hydrogen-bond acceptors (Lipinski definition) is 3. The number of carbonyl (C=O) groups excluding carboxylic acids is 2. The first-order chi connectivity index (χ1) is 18.7. The van der Waals surface area contributed by atoms with Crippen LogP contribution in [0, 0.1) is 24.2 Å². The topological polar surface area (TPSA) is 86.7 Å². The summed E-state index contributed by atoms with van der Waals surface area (Å²) in [5.74, 6) is 0.0152. The molecule has 0 spiro atoms. The third kappa shape index (κ3) is 3.88. The molecule has 3 aromatic rings. The molecular formula is C33H32N2O4. The van der Waals surface area contributed by atoms with Gasteiger partial charge in [0.15, 0.2) is 0 Å². The highest BCUT2D eigenvalue weighted by Crippen LogP contribution is 2.64. The van der Waals surface area contributed by atoms with E-state index in [4.69, 9.17) is 0 Å². The lowest BCUT2D eigenvalue weighted by molar-refractivity contribution is -0.175. The van der Waals surface area contributed by atoms with Crippen LogP contribution in [0.4, 0.5) is 5.69 Å². The summed E-state index contributed by atoms with van der Waals surface area (Å²) in [5, 5.41) is 13.1. The van der Waals surface area contributed by atoms with Crippen molar-refractivity contribution < 1.29 is 19.5 Å². The fraction of sp³-hybridized carbons (Fsp3) is 0.364. The molecule has 3 aromatic carbocycles. The Bertz CT molecular complexity index is 1490. The van der Waals surface area contributed by atoms with Crippen molar-refractivity contribution >= 4 is 23.5 Å². The van der Waals surface area contributed by atoms with Crippen LogP contribution in [-0.4, -0.2) is 33.3 Å². The SMILES string of the molecule is Cc1ccc(C(=O)Nc2ccc(-c3ccc4c(c3)C(=O)N(C35CC6CC(CC(C(=O)O)(C6)C3)C5)C4)cc2)cc1. The maximum atomic E-state index is 13.8. The summed E-state index contributed by atoms with van der Waals surface area (Å²) < 4.78 is 0. The van der Waals surface area contributed by atoms with E-state index in [0.29, 0.717) is 36.1 Å². The number of amides is 2. The normalized spacial score (nSPS) is 28.4. The number of rotatable bonds is 5. The predicted molar refractivity (Wildman–Crippen MR) is 148 cm³/mol. The van der Waals surface area contributed by atoms with E-state index in [1.165, 1.54) is 0 Å². The molecule has 4 saturated carbocycles. The molecule has 8 rings (SSSR count). The molecule has 198 valence electrons. The summed E-state index contributed by atoms with van der Waals surface area (Å²) in [6.07, 6.45) is 5.09. The molecule has 2 atom stereocenters. The first-order valence-corrected chi connectivity index (χ1v) is 13.9. The molecule has 4 aliphatic carbocycles. The molecule has 0 radical (unpaired) electrons. The summed E-state index contributed by atoms with van der Waals surface area (Å²) in [4.78, 5) is 40.8. The zero-order chi connectivity index (χ0) is 26.9. The third-order valence-corrected chi connectivity index (χ3v) is 9.76. The highest BCUT2D eigenvalue weighted by Gasteiger charge is 2.63. The Morgan fingerprint density at radius 3 is 2.23 bits per heavy atom. The van der Waals surface area contributed by atoms with Crippen molar-refractivity contribution in [2.24, 2.45) is 17.3 Å². The Morgan fingerprint density at radius 1 is 0.897 bits per heavy atom. The van der Waals surface area contributed by atoms with Crippen LogP contribution in [0.25, 0.3) is 11.1 Å². The van der Waals surface area contributed by atoms with Crippen LogP contribution < -0.4 is 5.32 Å². The molecule has 4 fully saturated rings. The van der Waals surface area contributed by atoms with Crippen LogP contribution in [0.5, 0.6) is 0 Å². The number of carboxylic acids is 1. The molecule has 0 aromatic heterocycles. The molecule has 2 amide bonds. The standard InChI is InChI=1S/C33H32N2O4/c1-20-2-4-24(5-3-20)29(36)34-27-10-8-23(9-11-27)25-6-7-26-18-35(30(37)28(26)13-25)33-16-21-12-22(17-33)15-32(14-21,19-33)31(38)39/h2-11,13,21-22H,12,14-19H2,1H3,(H,34,36)(H,38,39). The first-order valence-electron chi connectivity index (χ1n) is 13.9. The lowest BCUT2D eigenvalue weighted by Crippen LogP contribution is -2.64. The molecule has 4 bridgehead atoms. The number of aliphatic carboxylic acids is 1. The van der Waals surface area contributed by atoms with E-state index in [1.54, 1.807) is 0 Å². The minimum Gasteiger partial charge on any atom is -0.481 e. The van der Waals surface area contributed by atoms with Gasteiger partial charge in [-0.2, -0.15) is 0 Å². The molecule has 6 heteroatoms. The molecule has 39 heavy (non-hydrogen) atoms. The molecule has 1 aliphatic heterocycles. The number of carbonyl (C=O) groups is 3. The van der Waals surface area contributed by atoms with Crippen LogP contribution in [0.3, 0.4) is 0 Å². The molecular weight excluding hydrogens is 488 g/mol. The van der Waals surface area contributed by atoms with Gasteiger partial charge in [0.25, 0.3) is 11.8 Å². The van der Waals surface area contributed by atoms with Gasteiger partial charge in [0.2, 0.25) is 0 Å². The van der Waals surface area contributed by atoms with E-state index in [1.807, 2.05) is 78.6 Å². The number of carboxylic acid groups (broad SMARTS) is 1. The predicted octanol–water partition coefficient (Wildman–Crippen LogP) is 6.29. The minimum atomic E-state index is -0.675. The van der Waals surface area contributed by atoms with Crippen LogP contribution in [0.2, 0.25) is 0 Å². The quantitative estimate of drug-likeness (QED) is 0.414. The largest absolute Gasteiger partial charge is 0.481 e. The average molecular weight is 521 g/mol. The van der Waals surface area contributed by atoms with Gasteiger partial charge in [-0.15, -0.1) is 0 Å². The van der Waals surface area contributed by atoms with Crippen molar-refractivity contribution in [3.8, 4) is 11.1 Å². The van der Waals surface area contributed by atoms with E-state index >= 15 is 0 Å². The number of nitrogens with zero attached hydrogens (tertiary/aromatic N) is 1. The van der Waals surface area contributed by atoms with Crippen molar-refractivity contribution in [3.63, 3.8) is 0 Å². The van der Waals surface area contributed by atoms with Crippen molar-refractivity contribution in [2.45, 2.75) is 57.5 Å². The maximum absolute atomic E-state index is 13.8. The molecule has 5 aliphatic rings. The molecule has 1 heterocycles. The number of nitrogens with one attached hydrogen (secondary N) is 1. The second-order valence-corrected chi connectivity index (χ2v) is 12.4. The Balaban J connectivity index is 1.11. The summed E-state index contributed by atoms with van der Waals surface area (Å²) >= 11 is 0. The van der Waals surface area contributed by atoms with Crippen LogP contribution >= 0.6 is 0 Å². The fourth-order valence-electron chi connectivity index (χ4n) is 8.30. The van der Waals surface area contributed by atoms with Gasteiger partial charge in [0.05, 0.1) is 5.41 Å². The van der Waals surface area contributed by atoms with Gasteiger partial charge < -0.3 is 15.3 Å². The van der Waals surface area contributed by atoms with E-state index in [0.717, 1.165) is 59.9 Å². The Kier molecular flexibility index (Phi) is 5.28. The number of anilines is 1. The smallest absolute Gasteiger partial charge is 0.309 e. The van der Waals surface area contributed by atoms with Crippen molar-refractivity contribution in [3.05, 3.63) is 89.0 Å². The highest BCUT2D eigenvalue weighted by molar-refractivity contribution is 6.04. The number of aryl methyl sites for hydroxylation is 1. The summed E-state index contributed by atoms with van der Waals surface area (Å²) in [6.45, 7) is 2.55. The summed E-state index contributed by atoms with van der Waals surface area (Å²) in [5.41, 5.74) is 5.09. The van der Waals surface area contributed by atoms with E-state index < -0.39 is 11.4 Å². The lowest BCUT2D eigenvalue weighted by atomic mass is 9.46. The monoisotopic (exact) mass is 520 g/mol. The van der Waals surface area contributed by atoms with Crippen LogP contribution in [-0.2, 0) is 11.3 Å². The second kappa shape index (κ2) is 8.54. The van der Waals surface area contributed by atoms with E-state index in [2.05, 4.69) is 5.32 Å². The molecule has 0 saturated heterocycles. The number of benzene rings is 3. The highest BCUT2D eigenvalue weighted by atomic mass is 16.4. The maximum Gasteiger partial charge on any atom is 0.309 e. The third-order valence-electron chi connectivity index (χ3n) is 9.76. The zero-order valence-corrected chi connectivity index (χ0v) is 22.1. The van der Waals surface area contributed by atoms with Crippen LogP contribution in [0.15, 0.2) is 66.7 Å². The summed E-state index contributed by atoms with van der Waals surface area (Å²) in [7, 11) is 0. The van der Waals surface area contributed by atoms with Gasteiger partial charge in [-0.3, -0.25) is 14.4 Å². The number of hydrogen-bond donors (Lipinski definition) is 2. The van der Waals surface area contributed by atoms with Crippen molar-refractivity contribution in [1.82, 2.24) is 4.90 Å². The zero-order valence-electron chi connectivity index (χ0n) is 22.1. The van der Waals surface area contributed by atoms with Gasteiger partial charge in [-0.1, -0.05) is 42.0 Å². The lowest BCUT2D eigenvalue weighted by Gasteiger charge is -2.62. The Hall–Kier alpha value is -3.93.